The summed E-state index contributed by atoms with van der Waals surface area (Å²) in [5, 5.41) is 8.93. The molecule has 0 saturated carbocycles. The van der Waals surface area contributed by atoms with Crippen molar-refractivity contribution in [3.63, 3.8) is 0 Å². The van der Waals surface area contributed by atoms with E-state index in [0.29, 0.717) is 6.54 Å². The standard InChI is InChI=1S/C14H16BrN3O/c1-10-9-11(3-4-12(10)15)18-8-7-17(2)14(19)13(18)5-6-16/h3-4,9,13H,5,7-8H2,1-2H3. The lowest BCUT2D eigenvalue weighted by molar-refractivity contribution is -0.132. The highest BCUT2D eigenvalue weighted by atomic mass is 79.9. The van der Waals surface area contributed by atoms with Crippen molar-refractivity contribution in [3.8, 4) is 6.07 Å². The van der Waals surface area contributed by atoms with Gasteiger partial charge in [-0.3, -0.25) is 4.79 Å². The maximum absolute atomic E-state index is 12.2. The van der Waals surface area contributed by atoms with Gasteiger partial charge >= 0.3 is 0 Å². The number of nitriles is 1. The van der Waals surface area contributed by atoms with Gasteiger partial charge in [-0.25, -0.2) is 0 Å². The summed E-state index contributed by atoms with van der Waals surface area (Å²) < 4.78 is 1.05. The Labute approximate surface area is 121 Å². The molecule has 100 valence electrons. The van der Waals surface area contributed by atoms with Gasteiger partial charge < -0.3 is 9.80 Å². The summed E-state index contributed by atoms with van der Waals surface area (Å²) in [6.07, 6.45) is 0.221. The largest absolute Gasteiger partial charge is 0.357 e. The lowest BCUT2D eigenvalue weighted by Gasteiger charge is -2.39. The Balaban J connectivity index is 2.33. The summed E-state index contributed by atoms with van der Waals surface area (Å²) >= 11 is 3.47. The second-order valence-corrected chi connectivity index (χ2v) is 5.62. The topological polar surface area (TPSA) is 47.3 Å². The van der Waals surface area contributed by atoms with Crippen LogP contribution in [-0.2, 0) is 4.79 Å². The Kier molecular flexibility index (Phi) is 4.11. The molecule has 1 atom stereocenters. The molecule has 1 unspecified atom stereocenters. The van der Waals surface area contributed by atoms with Gasteiger partial charge in [0.05, 0.1) is 12.5 Å². The van der Waals surface area contributed by atoms with E-state index in [0.717, 1.165) is 22.3 Å². The molecule has 1 aromatic rings. The predicted octanol–water partition coefficient (Wildman–Crippen LogP) is 2.32. The first-order chi connectivity index (χ1) is 9.04. The van der Waals surface area contributed by atoms with Gasteiger partial charge in [0.15, 0.2) is 0 Å². The van der Waals surface area contributed by atoms with E-state index in [9.17, 15) is 4.79 Å². The lowest BCUT2D eigenvalue weighted by atomic mass is 10.1. The third kappa shape index (κ3) is 2.74. The third-order valence-corrected chi connectivity index (χ3v) is 4.36. The van der Waals surface area contributed by atoms with Gasteiger partial charge in [0.1, 0.15) is 6.04 Å². The zero-order valence-electron chi connectivity index (χ0n) is 11.1. The summed E-state index contributed by atoms with van der Waals surface area (Å²) in [7, 11) is 1.79. The fraction of sp³-hybridized carbons (Fsp3) is 0.429. The molecule has 0 aliphatic carbocycles. The Bertz CT molecular complexity index is 538. The zero-order chi connectivity index (χ0) is 14.0. The summed E-state index contributed by atoms with van der Waals surface area (Å²) in [6, 6.07) is 7.76. The molecule has 1 aliphatic rings. The minimum atomic E-state index is -0.371. The van der Waals surface area contributed by atoms with E-state index in [1.165, 1.54) is 0 Å². The Hall–Kier alpha value is -1.54. The van der Waals surface area contributed by atoms with Gasteiger partial charge in [-0.05, 0) is 30.7 Å². The van der Waals surface area contributed by atoms with Crippen molar-refractivity contribution in [1.29, 1.82) is 5.26 Å². The number of benzene rings is 1. The molecule has 1 fully saturated rings. The van der Waals surface area contributed by atoms with E-state index in [1.807, 2.05) is 30.0 Å². The molecule has 1 aromatic carbocycles. The van der Waals surface area contributed by atoms with Crippen LogP contribution < -0.4 is 4.90 Å². The molecule has 4 nitrogen and oxygen atoms in total. The van der Waals surface area contributed by atoms with Crippen LogP contribution in [0.25, 0.3) is 0 Å². The Morgan fingerprint density at radius 1 is 1.47 bits per heavy atom. The molecule has 2 rings (SSSR count). The van der Waals surface area contributed by atoms with Crippen molar-refractivity contribution in [2.45, 2.75) is 19.4 Å². The van der Waals surface area contributed by atoms with Crippen LogP contribution >= 0.6 is 15.9 Å². The van der Waals surface area contributed by atoms with Crippen molar-refractivity contribution in [3.05, 3.63) is 28.2 Å². The third-order valence-electron chi connectivity index (χ3n) is 3.47. The van der Waals surface area contributed by atoms with Crippen molar-refractivity contribution < 1.29 is 4.79 Å². The molecule has 0 radical (unpaired) electrons. The first-order valence-corrected chi connectivity index (χ1v) is 6.98. The predicted molar refractivity (Wildman–Crippen MR) is 77.9 cm³/mol. The number of piperazine rings is 1. The van der Waals surface area contributed by atoms with Gasteiger partial charge in [0.25, 0.3) is 0 Å². The number of aryl methyl sites for hydroxylation is 1. The molecular formula is C14H16BrN3O. The average molecular weight is 322 g/mol. The Morgan fingerprint density at radius 2 is 2.21 bits per heavy atom. The molecule has 5 heteroatoms. The molecule has 0 bridgehead atoms. The number of anilines is 1. The van der Waals surface area contributed by atoms with Crippen LogP contribution in [0.15, 0.2) is 22.7 Å². The van der Waals surface area contributed by atoms with Gasteiger partial charge in [-0.2, -0.15) is 5.26 Å². The monoisotopic (exact) mass is 321 g/mol. The second kappa shape index (κ2) is 5.62. The summed E-state index contributed by atoms with van der Waals surface area (Å²) in [5.74, 6) is 0.0216. The maximum atomic E-state index is 12.2. The van der Waals surface area contributed by atoms with Gasteiger partial charge in [-0.1, -0.05) is 15.9 Å². The normalized spacial score (nSPS) is 19.5. The van der Waals surface area contributed by atoms with Gasteiger partial charge in [0.2, 0.25) is 5.91 Å². The van der Waals surface area contributed by atoms with Crippen LogP contribution in [0.4, 0.5) is 5.69 Å². The lowest BCUT2D eigenvalue weighted by Crippen LogP contribution is -2.55. The number of likely N-dealkylation sites (N-methyl/N-ethyl adjacent to an activating group) is 1. The molecule has 0 N–H and O–H groups in total. The van der Waals surface area contributed by atoms with Gasteiger partial charge in [-0.15, -0.1) is 0 Å². The number of hydrogen-bond donors (Lipinski definition) is 0. The number of hydrogen-bond acceptors (Lipinski definition) is 3. The van der Waals surface area contributed by atoms with E-state index in [1.54, 1.807) is 11.9 Å². The number of nitrogens with zero attached hydrogens (tertiary/aromatic N) is 3. The van der Waals surface area contributed by atoms with Crippen molar-refractivity contribution in [1.82, 2.24) is 4.90 Å². The second-order valence-electron chi connectivity index (χ2n) is 4.76. The highest BCUT2D eigenvalue weighted by Gasteiger charge is 2.33. The molecule has 1 aliphatic heterocycles. The number of carbonyl (C=O) groups excluding carboxylic acids is 1. The van der Waals surface area contributed by atoms with Crippen molar-refractivity contribution in [2.75, 3.05) is 25.0 Å². The van der Waals surface area contributed by atoms with Crippen LogP contribution in [0.5, 0.6) is 0 Å². The fourth-order valence-electron chi connectivity index (χ4n) is 2.31. The van der Waals surface area contributed by atoms with Crippen molar-refractivity contribution in [2.24, 2.45) is 0 Å². The van der Waals surface area contributed by atoms with E-state index >= 15 is 0 Å². The molecule has 1 heterocycles. The molecule has 0 aromatic heterocycles. The highest BCUT2D eigenvalue weighted by Crippen LogP contribution is 2.27. The Morgan fingerprint density at radius 3 is 2.84 bits per heavy atom. The minimum Gasteiger partial charge on any atom is -0.357 e. The van der Waals surface area contributed by atoms with E-state index in [-0.39, 0.29) is 18.4 Å². The number of amides is 1. The number of halogens is 1. The molecule has 19 heavy (non-hydrogen) atoms. The maximum Gasteiger partial charge on any atom is 0.246 e. The number of carbonyl (C=O) groups is 1. The van der Waals surface area contributed by atoms with Crippen molar-refractivity contribution >= 4 is 27.5 Å². The smallest absolute Gasteiger partial charge is 0.246 e. The molecular weight excluding hydrogens is 306 g/mol. The molecule has 1 saturated heterocycles. The quantitative estimate of drug-likeness (QED) is 0.839. The SMILES string of the molecule is Cc1cc(N2CCN(C)C(=O)C2CC#N)ccc1Br. The van der Waals surface area contributed by atoms with Crippen LogP contribution in [0, 0.1) is 18.3 Å². The first kappa shape index (κ1) is 13.9. The fourth-order valence-corrected chi connectivity index (χ4v) is 2.56. The summed E-state index contributed by atoms with van der Waals surface area (Å²) in [4.78, 5) is 15.9. The van der Waals surface area contributed by atoms with Crippen LogP contribution in [0.2, 0.25) is 0 Å². The van der Waals surface area contributed by atoms with E-state index < -0.39 is 0 Å². The first-order valence-electron chi connectivity index (χ1n) is 6.19. The van der Waals surface area contributed by atoms with Crippen LogP contribution in [0.1, 0.15) is 12.0 Å². The minimum absolute atomic E-state index is 0.0216. The molecule has 0 spiro atoms. The van der Waals surface area contributed by atoms with E-state index in [4.69, 9.17) is 5.26 Å². The average Bonchev–Trinajstić information content (AvgIpc) is 2.39. The summed E-state index contributed by atoms with van der Waals surface area (Å²) in [6.45, 7) is 3.47. The van der Waals surface area contributed by atoms with E-state index in [2.05, 4.69) is 22.0 Å². The number of rotatable bonds is 2. The zero-order valence-corrected chi connectivity index (χ0v) is 12.6. The van der Waals surface area contributed by atoms with Crippen LogP contribution in [-0.4, -0.2) is 37.0 Å². The van der Waals surface area contributed by atoms with Crippen LogP contribution in [0.3, 0.4) is 0 Å². The van der Waals surface area contributed by atoms with Gasteiger partial charge in [0, 0.05) is 30.3 Å². The summed E-state index contributed by atoms with van der Waals surface area (Å²) in [5.41, 5.74) is 2.13. The highest BCUT2D eigenvalue weighted by molar-refractivity contribution is 9.10. The molecule has 1 amide bonds.